The minimum absolute atomic E-state index is 0.149. The molecule has 0 saturated heterocycles. The van der Waals surface area contributed by atoms with Crippen LogP contribution in [0.25, 0.3) is 11.2 Å². The Bertz CT molecular complexity index is 965. The Morgan fingerprint density at radius 3 is 2.48 bits per heavy atom. The monoisotopic (exact) mass is 401 g/mol. The molecule has 0 saturated carbocycles. The van der Waals surface area contributed by atoms with Crippen LogP contribution in [0.2, 0.25) is 0 Å². The van der Waals surface area contributed by atoms with Gasteiger partial charge in [-0.1, -0.05) is 13.3 Å². The molecule has 0 aromatic carbocycles. The van der Waals surface area contributed by atoms with Crippen molar-refractivity contribution in [3.8, 4) is 12.0 Å². The van der Waals surface area contributed by atoms with E-state index in [9.17, 15) is 5.11 Å². The molecule has 0 fully saturated rings. The van der Waals surface area contributed by atoms with E-state index in [0.717, 1.165) is 18.5 Å². The van der Waals surface area contributed by atoms with E-state index >= 15 is 0 Å². The molecule has 3 N–H and O–H groups in total. The highest BCUT2D eigenvalue weighted by molar-refractivity contribution is 5.83. The van der Waals surface area contributed by atoms with Crippen molar-refractivity contribution < 1.29 is 14.6 Å². The van der Waals surface area contributed by atoms with Crippen LogP contribution in [0.15, 0.2) is 12.4 Å². The van der Waals surface area contributed by atoms with Gasteiger partial charge in [0.2, 0.25) is 0 Å². The Labute approximate surface area is 169 Å². The summed E-state index contributed by atoms with van der Waals surface area (Å²) in [5, 5.41) is 10.3. The van der Waals surface area contributed by atoms with Gasteiger partial charge in [0, 0.05) is 0 Å². The summed E-state index contributed by atoms with van der Waals surface area (Å²) < 4.78 is 12.8. The zero-order chi connectivity index (χ0) is 21.0. The van der Waals surface area contributed by atoms with Crippen molar-refractivity contribution >= 4 is 17.0 Å². The highest BCUT2D eigenvalue weighted by Gasteiger charge is 2.18. The number of ether oxygens (including phenoxy) is 2. The summed E-state index contributed by atoms with van der Waals surface area (Å²) in [5.41, 5.74) is 7.76. The van der Waals surface area contributed by atoms with Gasteiger partial charge in [-0.05, 0) is 27.2 Å². The smallest absolute Gasteiger partial charge is 0.320 e. The highest BCUT2D eigenvalue weighted by Crippen LogP contribution is 2.25. The van der Waals surface area contributed by atoms with E-state index in [4.69, 9.17) is 15.2 Å². The predicted octanol–water partition coefficient (Wildman–Crippen LogP) is 2.45. The van der Waals surface area contributed by atoms with Gasteiger partial charge >= 0.3 is 6.01 Å². The molecule has 3 aromatic rings. The van der Waals surface area contributed by atoms with Crippen LogP contribution in [0, 0.1) is 0 Å². The number of rotatable bonds is 8. The molecular weight excluding hydrogens is 374 g/mol. The number of fused-ring (bicyclic) bond motifs is 1. The molecule has 0 amide bonds. The van der Waals surface area contributed by atoms with E-state index in [1.165, 1.54) is 4.57 Å². The Kier molecular flexibility index (Phi) is 6.12. The molecule has 3 aromatic heterocycles. The topological polar surface area (TPSA) is 134 Å². The molecule has 3 rings (SSSR count). The van der Waals surface area contributed by atoms with Crippen molar-refractivity contribution in [2.24, 2.45) is 0 Å². The molecule has 3 heterocycles. The van der Waals surface area contributed by atoms with Gasteiger partial charge in [0.25, 0.3) is 6.01 Å². The van der Waals surface area contributed by atoms with Gasteiger partial charge in [-0.15, -0.1) is 0 Å². The first-order valence-corrected chi connectivity index (χ1v) is 9.56. The number of anilines is 1. The fourth-order valence-electron chi connectivity index (χ4n) is 2.50. The van der Waals surface area contributed by atoms with Gasteiger partial charge in [0.15, 0.2) is 17.0 Å². The number of nitrogens with two attached hydrogens (primary N) is 1. The fourth-order valence-corrected chi connectivity index (χ4v) is 2.50. The lowest BCUT2D eigenvalue weighted by Gasteiger charge is -2.18. The summed E-state index contributed by atoms with van der Waals surface area (Å²) in [5.74, 6) is 0.149. The molecule has 0 aliphatic rings. The number of aromatic hydroxyl groups is 1. The quantitative estimate of drug-likeness (QED) is 0.546. The van der Waals surface area contributed by atoms with Crippen molar-refractivity contribution in [1.82, 2.24) is 29.5 Å². The Morgan fingerprint density at radius 1 is 1.10 bits per heavy atom. The maximum atomic E-state index is 10.3. The number of imidazole rings is 1. The molecule has 0 aliphatic heterocycles. The van der Waals surface area contributed by atoms with Crippen LogP contribution in [-0.4, -0.2) is 46.8 Å². The standard InChI is InChI=1S/C19H27N7O3/c1-5-6-7-28-17-24-15(20)14-16(25-17)26(18(27)23-14)10-12-8-22-13(9-21-12)11-29-19(2,3)4/h8-9H,5-7,10-11H2,1-4H3,(H,23,27)(H2,20,24,25). The minimum Gasteiger partial charge on any atom is -0.480 e. The molecule has 10 heteroatoms. The lowest BCUT2D eigenvalue weighted by molar-refractivity contribution is -0.0166. The van der Waals surface area contributed by atoms with E-state index in [-0.39, 0.29) is 30.0 Å². The number of nitrogens with zero attached hydrogens (tertiary/aromatic N) is 6. The molecule has 0 spiro atoms. The zero-order valence-electron chi connectivity index (χ0n) is 17.2. The van der Waals surface area contributed by atoms with Gasteiger partial charge < -0.3 is 20.3 Å². The van der Waals surface area contributed by atoms with Crippen molar-refractivity contribution in [2.75, 3.05) is 12.3 Å². The van der Waals surface area contributed by atoms with E-state index in [1.54, 1.807) is 12.4 Å². The molecule has 0 aliphatic carbocycles. The lowest BCUT2D eigenvalue weighted by atomic mass is 10.2. The molecule has 0 radical (unpaired) electrons. The summed E-state index contributed by atoms with van der Waals surface area (Å²) in [6, 6.07) is -0.0704. The Hall–Kier alpha value is -3.01. The molecular formula is C19H27N7O3. The van der Waals surface area contributed by atoms with Crippen LogP contribution < -0.4 is 10.5 Å². The maximum Gasteiger partial charge on any atom is 0.320 e. The summed E-state index contributed by atoms with van der Waals surface area (Å²) in [6.45, 7) is 9.10. The van der Waals surface area contributed by atoms with Gasteiger partial charge in [0.05, 0.1) is 49.1 Å². The molecule has 0 atom stereocenters. The third kappa shape index (κ3) is 5.29. The Balaban J connectivity index is 1.81. The van der Waals surface area contributed by atoms with Crippen LogP contribution in [0.1, 0.15) is 51.9 Å². The Morgan fingerprint density at radius 2 is 1.83 bits per heavy atom. The van der Waals surface area contributed by atoms with Crippen LogP contribution in [0.4, 0.5) is 5.82 Å². The van der Waals surface area contributed by atoms with Crippen LogP contribution in [-0.2, 0) is 17.9 Å². The summed E-state index contributed by atoms with van der Waals surface area (Å²) in [6.07, 6.45) is 5.16. The van der Waals surface area contributed by atoms with Crippen molar-refractivity contribution in [2.45, 2.75) is 59.3 Å². The van der Waals surface area contributed by atoms with E-state index in [1.807, 2.05) is 20.8 Å². The number of hydrogen-bond donors (Lipinski definition) is 2. The summed E-state index contributed by atoms with van der Waals surface area (Å²) >= 11 is 0. The molecule has 10 nitrogen and oxygen atoms in total. The van der Waals surface area contributed by atoms with Gasteiger partial charge in [0.1, 0.15) is 0 Å². The van der Waals surface area contributed by atoms with Crippen molar-refractivity contribution in [3.05, 3.63) is 23.8 Å². The molecule has 0 bridgehead atoms. The second-order valence-corrected chi connectivity index (χ2v) is 7.66. The first-order valence-electron chi connectivity index (χ1n) is 9.56. The van der Waals surface area contributed by atoms with Crippen molar-refractivity contribution in [1.29, 1.82) is 0 Å². The molecule has 156 valence electrons. The average molecular weight is 401 g/mol. The zero-order valence-corrected chi connectivity index (χ0v) is 17.2. The summed E-state index contributed by atoms with van der Waals surface area (Å²) in [4.78, 5) is 21.3. The second-order valence-electron chi connectivity index (χ2n) is 7.66. The fraction of sp³-hybridized carbons (Fsp3) is 0.526. The number of aromatic nitrogens is 6. The number of unbranched alkanes of at least 4 members (excludes halogenated alkanes) is 1. The SMILES string of the molecule is CCCCOc1nc(N)c2nc(O)n(Cc3cnc(COC(C)(C)C)cn3)c2n1. The van der Waals surface area contributed by atoms with E-state index in [2.05, 4.69) is 31.8 Å². The molecule has 0 unspecified atom stereocenters. The number of nitrogen functional groups attached to an aromatic ring is 1. The van der Waals surface area contributed by atoms with Crippen LogP contribution >= 0.6 is 0 Å². The maximum absolute atomic E-state index is 10.3. The first-order chi connectivity index (χ1) is 13.8. The van der Waals surface area contributed by atoms with Gasteiger partial charge in [-0.2, -0.15) is 15.0 Å². The van der Waals surface area contributed by atoms with Crippen LogP contribution in [0.5, 0.6) is 12.0 Å². The number of hydrogen-bond acceptors (Lipinski definition) is 9. The van der Waals surface area contributed by atoms with E-state index in [0.29, 0.717) is 30.1 Å². The van der Waals surface area contributed by atoms with Gasteiger partial charge in [-0.3, -0.25) is 14.5 Å². The summed E-state index contributed by atoms with van der Waals surface area (Å²) in [7, 11) is 0. The van der Waals surface area contributed by atoms with E-state index < -0.39 is 0 Å². The van der Waals surface area contributed by atoms with Crippen molar-refractivity contribution in [3.63, 3.8) is 0 Å². The third-order valence-corrected chi connectivity index (χ3v) is 4.04. The predicted molar refractivity (Wildman–Crippen MR) is 107 cm³/mol. The normalized spacial score (nSPS) is 11.9. The largest absolute Gasteiger partial charge is 0.480 e. The highest BCUT2D eigenvalue weighted by atomic mass is 16.5. The second kappa shape index (κ2) is 8.56. The van der Waals surface area contributed by atoms with Gasteiger partial charge in [-0.25, -0.2) is 0 Å². The molecule has 29 heavy (non-hydrogen) atoms. The third-order valence-electron chi connectivity index (χ3n) is 4.04. The minimum atomic E-state index is -0.252. The lowest BCUT2D eigenvalue weighted by Crippen LogP contribution is -2.19. The van der Waals surface area contributed by atoms with Crippen LogP contribution in [0.3, 0.4) is 0 Å². The first kappa shape index (κ1) is 20.7. The average Bonchev–Trinajstić information content (AvgIpc) is 2.97.